The highest BCUT2D eigenvalue weighted by Gasteiger charge is 2.11. The predicted molar refractivity (Wildman–Crippen MR) is 91.4 cm³/mol. The zero-order valence-corrected chi connectivity index (χ0v) is 15.1. The van der Waals surface area contributed by atoms with Gasteiger partial charge in [0.15, 0.2) is 5.82 Å². The van der Waals surface area contributed by atoms with Crippen molar-refractivity contribution in [2.45, 2.75) is 20.3 Å². The molecule has 2 rings (SSSR count). The maximum Gasteiger partial charge on any atom is 0.161 e. The van der Waals surface area contributed by atoms with E-state index >= 15 is 0 Å². The van der Waals surface area contributed by atoms with Crippen LogP contribution in [0.2, 0.25) is 5.02 Å². The molecule has 1 heterocycles. The van der Waals surface area contributed by atoms with Gasteiger partial charge < -0.3 is 5.32 Å². The zero-order valence-electron chi connectivity index (χ0n) is 11.2. The molecule has 0 saturated heterocycles. The number of halogens is 3. The summed E-state index contributed by atoms with van der Waals surface area (Å²) in [7, 11) is 0. The van der Waals surface area contributed by atoms with Gasteiger partial charge in [-0.05, 0) is 63.4 Å². The predicted octanol–water partition coefficient (Wildman–Crippen LogP) is 5.45. The Morgan fingerprint density at radius 2 is 2.00 bits per heavy atom. The zero-order chi connectivity index (χ0) is 14.7. The van der Waals surface area contributed by atoms with E-state index in [1.54, 1.807) is 0 Å². The van der Waals surface area contributed by atoms with Crippen LogP contribution in [0.1, 0.15) is 19.0 Å². The molecule has 0 spiro atoms. The molecule has 1 aromatic carbocycles. The van der Waals surface area contributed by atoms with E-state index in [2.05, 4.69) is 54.1 Å². The Hall–Kier alpha value is -0.650. The fourth-order valence-electron chi connectivity index (χ4n) is 1.68. The van der Waals surface area contributed by atoms with Gasteiger partial charge in [-0.3, -0.25) is 0 Å². The lowest BCUT2D eigenvalue weighted by molar-refractivity contribution is 0.958. The normalized spacial score (nSPS) is 10.7. The van der Waals surface area contributed by atoms with Crippen LogP contribution in [0.25, 0.3) is 11.4 Å². The van der Waals surface area contributed by atoms with Crippen LogP contribution in [-0.2, 0) is 0 Å². The highest BCUT2D eigenvalue weighted by atomic mass is 79.9. The first-order valence-electron chi connectivity index (χ1n) is 6.26. The molecule has 0 aliphatic rings. The number of hydrogen-bond donors (Lipinski definition) is 1. The average Bonchev–Trinajstić information content (AvgIpc) is 2.43. The third kappa shape index (κ3) is 3.51. The molecule has 0 aliphatic heterocycles. The monoisotopic (exact) mass is 417 g/mol. The third-order valence-corrected chi connectivity index (χ3v) is 4.92. The molecule has 0 unspecified atom stereocenters. The van der Waals surface area contributed by atoms with Crippen LogP contribution < -0.4 is 5.32 Å². The summed E-state index contributed by atoms with van der Waals surface area (Å²) >= 11 is 13.0. The van der Waals surface area contributed by atoms with Gasteiger partial charge in [0.1, 0.15) is 5.82 Å². The number of rotatable bonds is 4. The molecule has 1 N–H and O–H groups in total. The second-order valence-electron chi connectivity index (χ2n) is 4.35. The van der Waals surface area contributed by atoms with Gasteiger partial charge in [-0.2, -0.15) is 0 Å². The molecule has 0 amide bonds. The Bertz CT molecular complexity index is 632. The van der Waals surface area contributed by atoms with Crippen molar-refractivity contribution in [3.63, 3.8) is 0 Å². The van der Waals surface area contributed by atoms with Crippen LogP contribution in [0.5, 0.6) is 0 Å². The maximum atomic E-state index is 6.13. The quantitative estimate of drug-likeness (QED) is 0.716. The van der Waals surface area contributed by atoms with E-state index in [0.29, 0.717) is 10.8 Å². The van der Waals surface area contributed by atoms with Crippen LogP contribution in [0, 0.1) is 6.92 Å². The maximum absolute atomic E-state index is 6.13. The molecule has 0 fully saturated rings. The molecule has 3 nitrogen and oxygen atoms in total. The van der Waals surface area contributed by atoms with Crippen molar-refractivity contribution < 1.29 is 0 Å². The van der Waals surface area contributed by atoms with Crippen molar-refractivity contribution in [2.75, 3.05) is 11.9 Å². The van der Waals surface area contributed by atoms with Gasteiger partial charge in [0.05, 0.1) is 15.2 Å². The summed E-state index contributed by atoms with van der Waals surface area (Å²) in [6.07, 6.45) is 1.04. The summed E-state index contributed by atoms with van der Waals surface area (Å²) in [4.78, 5) is 9.08. The first-order chi connectivity index (χ1) is 9.52. The Kier molecular flexibility index (Phi) is 5.41. The van der Waals surface area contributed by atoms with E-state index in [1.807, 2.05) is 25.1 Å². The average molecular weight is 420 g/mol. The summed E-state index contributed by atoms with van der Waals surface area (Å²) in [5.41, 5.74) is 1.79. The molecule has 0 bridgehead atoms. The Labute approximate surface area is 140 Å². The van der Waals surface area contributed by atoms with Gasteiger partial charge in [-0.25, -0.2) is 9.97 Å². The smallest absolute Gasteiger partial charge is 0.161 e. The number of hydrogen-bond acceptors (Lipinski definition) is 3. The van der Waals surface area contributed by atoms with E-state index in [0.717, 1.165) is 39.0 Å². The molecule has 6 heteroatoms. The van der Waals surface area contributed by atoms with Crippen molar-refractivity contribution in [1.82, 2.24) is 9.97 Å². The van der Waals surface area contributed by atoms with E-state index in [1.165, 1.54) is 0 Å². The van der Waals surface area contributed by atoms with E-state index < -0.39 is 0 Å². The lowest BCUT2D eigenvalue weighted by atomic mass is 10.2. The minimum atomic E-state index is 0.648. The molecule has 0 atom stereocenters. The molecular formula is C14H14Br2ClN3. The topological polar surface area (TPSA) is 37.8 Å². The minimum Gasteiger partial charge on any atom is -0.369 e. The van der Waals surface area contributed by atoms with Crippen LogP contribution in [0.3, 0.4) is 0 Å². The van der Waals surface area contributed by atoms with Crippen molar-refractivity contribution in [1.29, 1.82) is 0 Å². The van der Waals surface area contributed by atoms with E-state index in [4.69, 9.17) is 11.6 Å². The van der Waals surface area contributed by atoms with Gasteiger partial charge in [-0.15, -0.1) is 0 Å². The molecule has 0 aliphatic carbocycles. The molecule has 0 saturated carbocycles. The Balaban J connectivity index is 2.45. The summed E-state index contributed by atoms with van der Waals surface area (Å²) in [5, 5.41) is 3.95. The fraction of sp³-hybridized carbons (Fsp3) is 0.286. The standard InChI is InChI=1S/C14H14Br2ClN3/c1-3-6-18-14-12(16)8(2)19-13(20-14)9-4-5-10(15)11(17)7-9/h4-5,7H,3,6H2,1-2H3,(H,18,19,20). The molecule has 106 valence electrons. The summed E-state index contributed by atoms with van der Waals surface area (Å²) < 4.78 is 1.76. The summed E-state index contributed by atoms with van der Waals surface area (Å²) in [5.74, 6) is 1.48. The molecule has 20 heavy (non-hydrogen) atoms. The lowest BCUT2D eigenvalue weighted by Gasteiger charge is -2.11. The number of aromatic nitrogens is 2. The highest BCUT2D eigenvalue weighted by Crippen LogP contribution is 2.30. The van der Waals surface area contributed by atoms with Crippen LogP contribution in [0.4, 0.5) is 5.82 Å². The van der Waals surface area contributed by atoms with Crippen molar-refractivity contribution in [3.8, 4) is 11.4 Å². The second kappa shape index (κ2) is 6.87. The summed E-state index contributed by atoms with van der Waals surface area (Å²) in [6, 6.07) is 5.71. The molecule has 1 aromatic heterocycles. The number of anilines is 1. The number of nitrogens with zero attached hydrogens (tertiary/aromatic N) is 2. The van der Waals surface area contributed by atoms with Crippen molar-refractivity contribution >= 4 is 49.3 Å². The van der Waals surface area contributed by atoms with Crippen molar-refractivity contribution in [3.05, 3.63) is 37.9 Å². The van der Waals surface area contributed by atoms with Crippen LogP contribution in [-0.4, -0.2) is 16.5 Å². The number of benzene rings is 1. The first kappa shape index (κ1) is 15.7. The van der Waals surface area contributed by atoms with Crippen molar-refractivity contribution in [2.24, 2.45) is 0 Å². The summed E-state index contributed by atoms with van der Waals surface area (Å²) in [6.45, 7) is 4.94. The molecular weight excluding hydrogens is 405 g/mol. The van der Waals surface area contributed by atoms with Crippen LogP contribution in [0.15, 0.2) is 27.1 Å². The van der Waals surface area contributed by atoms with E-state index in [9.17, 15) is 0 Å². The minimum absolute atomic E-state index is 0.648. The lowest BCUT2D eigenvalue weighted by Crippen LogP contribution is -2.06. The van der Waals surface area contributed by atoms with Crippen LogP contribution >= 0.6 is 43.5 Å². The molecule has 2 aromatic rings. The Morgan fingerprint density at radius 3 is 2.65 bits per heavy atom. The van der Waals surface area contributed by atoms with Gasteiger partial charge in [0.2, 0.25) is 0 Å². The first-order valence-corrected chi connectivity index (χ1v) is 8.22. The second-order valence-corrected chi connectivity index (χ2v) is 6.41. The number of nitrogens with one attached hydrogen (secondary N) is 1. The van der Waals surface area contributed by atoms with Gasteiger partial charge >= 0.3 is 0 Å². The largest absolute Gasteiger partial charge is 0.369 e. The SMILES string of the molecule is CCCNc1nc(-c2ccc(Br)c(Cl)c2)nc(C)c1Br. The molecule has 0 radical (unpaired) electrons. The highest BCUT2D eigenvalue weighted by molar-refractivity contribution is 9.11. The van der Waals surface area contributed by atoms with Gasteiger partial charge in [0, 0.05) is 16.6 Å². The Morgan fingerprint density at radius 1 is 1.25 bits per heavy atom. The third-order valence-electron chi connectivity index (χ3n) is 2.74. The number of aryl methyl sites for hydroxylation is 1. The van der Waals surface area contributed by atoms with E-state index in [-0.39, 0.29) is 0 Å². The van der Waals surface area contributed by atoms with Gasteiger partial charge in [-0.1, -0.05) is 18.5 Å². The van der Waals surface area contributed by atoms with Gasteiger partial charge in [0.25, 0.3) is 0 Å². The fourth-order valence-corrected chi connectivity index (χ4v) is 2.43.